The van der Waals surface area contributed by atoms with Crippen molar-refractivity contribution in [1.82, 2.24) is 5.32 Å². The molecule has 0 saturated carbocycles. The third-order valence-corrected chi connectivity index (χ3v) is 3.47. The van der Waals surface area contributed by atoms with Crippen molar-refractivity contribution in [2.24, 2.45) is 0 Å². The number of carbonyl (C=O) groups excluding carboxylic acids is 1. The van der Waals surface area contributed by atoms with E-state index in [9.17, 15) is 4.79 Å². The molecule has 0 aliphatic rings. The maximum Gasteiger partial charge on any atom is 0.355 e. The maximum absolute atomic E-state index is 12.0. The van der Waals surface area contributed by atoms with E-state index in [0.29, 0.717) is 23.9 Å². The van der Waals surface area contributed by atoms with Crippen molar-refractivity contribution in [3.63, 3.8) is 0 Å². The van der Waals surface area contributed by atoms with Crippen LogP contribution in [0.5, 0.6) is 0 Å². The molecule has 134 valence electrons. The Morgan fingerprint density at radius 2 is 2.00 bits per heavy atom. The highest BCUT2D eigenvalue weighted by Gasteiger charge is 2.12. The van der Waals surface area contributed by atoms with Crippen LogP contribution in [0.2, 0.25) is 5.02 Å². The van der Waals surface area contributed by atoms with E-state index >= 15 is 0 Å². The number of hydrogen-bond donors (Lipinski definition) is 1. The zero-order valence-corrected chi connectivity index (χ0v) is 15.7. The Kier molecular flexibility index (Phi) is 9.19. The number of nitrogens with one attached hydrogen (secondary N) is 1. The first-order chi connectivity index (χ1) is 12.0. The van der Waals surface area contributed by atoms with Gasteiger partial charge >= 0.3 is 5.97 Å². The predicted octanol–water partition coefficient (Wildman–Crippen LogP) is 4.46. The minimum absolute atomic E-state index is 0.317. The molecule has 1 N–H and O–H groups in total. The molecule has 0 fully saturated rings. The van der Waals surface area contributed by atoms with Crippen molar-refractivity contribution in [3.8, 4) is 0 Å². The minimum atomic E-state index is -0.404. The van der Waals surface area contributed by atoms with Crippen LogP contribution in [0.4, 0.5) is 5.69 Å². The Hall–Kier alpha value is -2.46. The Morgan fingerprint density at radius 3 is 2.56 bits per heavy atom. The molecule has 0 aliphatic heterocycles. The van der Waals surface area contributed by atoms with Crippen LogP contribution in [-0.4, -0.2) is 26.2 Å². The molecule has 1 aromatic carbocycles. The molecule has 1 aromatic rings. The third kappa shape index (κ3) is 7.31. The lowest BCUT2D eigenvalue weighted by molar-refractivity contribution is -0.138. The lowest BCUT2D eigenvalue weighted by Gasteiger charge is -2.22. The fraction of sp³-hybridized carbons (Fsp3) is 0.250. The van der Waals surface area contributed by atoms with Gasteiger partial charge in [0.15, 0.2) is 0 Å². The lowest BCUT2D eigenvalue weighted by atomic mass is 10.2. The number of carbonyl (C=O) groups is 1. The summed E-state index contributed by atoms with van der Waals surface area (Å²) in [6.45, 7) is 8.63. The molecule has 0 heterocycles. The summed E-state index contributed by atoms with van der Waals surface area (Å²) in [4.78, 5) is 14.0. The second-order valence-corrected chi connectivity index (χ2v) is 5.60. The molecule has 0 atom stereocenters. The molecule has 0 aromatic heterocycles. The van der Waals surface area contributed by atoms with Crippen molar-refractivity contribution >= 4 is 23.3 Å². The first-order valence-corrected chi connectivity index (χ1v) is 8.45. The van der Waals surface area contributed by atoms with Crippen molar-refractivity contribution in [2.75, 3.05) is 25.1 Å². The van der Waals surface area contributed by atoms with E-state index in [2.05, 4.69) is 11.9 Å². The van der Waals surface area contributed by atoms with Gasteiger partial charge in [-0.15, -0.1) is 0 Å². The minimum Gasteiger partial charge on any atom is -0.461 e. The standard InChI is InChI=1S/C20H25ClN2O2/c1-5-7-8-9-16(3)14-23(18-12-10-17(21)11-13-18)15-19(22-4)20(24)25-6-2/h5,7-13,15,22H,3,6,14H2,1-2,4H3/b7-5-,9-8-,19-15-. The molecule has 0 amide bonds. The van der Waals surface area contributed by atoms with Crippen LogP contribution in [0.15, 0.2) is 72.6 Å². The number of halogens is 1. The molecule has 25 heavy (non-hydrogen) atoms. The summed E-state index contributed by atoms with van der Waals surface area (Å²) >= 11 is 5.97. The Balaban J connectivity index is 3.11. The van der Waals surface area contributed by atoms with E-state index < -0.39 is 5.97 Å². The van der Waals surface area contributed by atoms with Crippen molar-refractivity contribution in [3.05, 3.63) is 77.6 Å². The van der Waals surface area contributed by atoms with Gasteiger partial charge < -0.3 is 15.0 Å². The monoisotopic (exact) mass is 360 g/mol. The second-order valence-electron chi connectivity index (χ2n) is 5.16. The van der Waals surface area contributed by atoms with Gasteiger partial charge in [0.1, 0.15) is 5.70 Å². The lowest BCUT2D eigenvalue weighted by Crippen LogP contribution is -2.26. The highest BCUT2D eigenvalue weighted by molar-refractivity contribution is 6.30. The van der Waals surface area contributed by atoms with Gasteiger partial charge in [0.25, 0.3) is 0 Å². The van der Waals surface area contributed by atoms with Crippen molar-refractivity contribution < 1.29 is 9.53 Å². The molecule has 0 unspecified atom stereocenters. The number of anilines is 1. The first-order valence-electron chi connectivity index (χ1n) is 8.07. The molecular formula is C20H25ClN2O2. The number of esters is 1. The average Bonchev–Trinajstić information content (AvgIpc) is 2.59. The topological polar surface area (TPSA) is 41.6 Å². The normalized spacial score (nSPS) is 11.8. The Bertz CT molecular complexity index is 661. The molecule has 0 aliphatic carbocycles. The summed E-state index contributed by atoms with van der Waals surface area (Å²) in [5.74, 6) is -0.404. The second kappa shape index (κ2) is 11.2. The summed E-state index contributed by atoms with van der Waals surface area (Å²) in [5, 5.41) is 3.54. The SMILES string of the molecule is C=C(/C=C\C=C/C)CN(/C=C(\NC)C(=O)OCC)c1ccc(Cl)cc1. The number of allylic oxidation sites excluding steroid dienone is 3. The molecule has 0 bridgehead atoms. The fourth-order valence-corrected chi connectivity index (χ4v) is 2.13. The van der Waals surface area contributed by atoms with E-state index in [1.807, 2.05) is 48.3 Å². The van der Waals surface area contributed by atoms with Crippen LogP contribution >= 0.6 is 11.6 Å². The average molecular weight is 361 g/mol. The summed E-state index contributed by atoms with van der Waals surface area (Å²) in [7, 11) is 1.68. The highest BCUT2D eigenvalue weighted by atomic mass is 35.5. The van der Waals surface area contributed by atoms with Gasteiger partial charge in [0, 0.05) is 30.5 Å². The smallest absolute Gasteiger partial charge is 0.355 e. The van der Waals surface area contributed by atoms with E-state index in [4.69, 9.17) is 16.3 Å². The quantitative estimate of drug-likeness (QED) is 0.401. The molecule has 0 spiro atoms. The highest BCUT2D eigenvalue weighted by Crippen LogP contribution is 2.20. The first kappa shape index (κ1) is 20.6. The summed E-state index contributed by atoms with van der Waals surface area (Å²) in [6.07, 6.45) is 9.46. The van der Waals surface area contributed by atoms with Crippen LogP contribution in [0.25, 0.3) is 0 Å². The van der Waals surface area contributed by atoms with Crippen molar-refractivity contribution in [2.45, 2.75) is 13.8 Å². The van der Waals surface area contributed by atoms with Crippen LogP contribution in [0, 0.1) is 0 Å². The molecule has 0 saturated heterocycles. The van der Waals surface area contributed by atoms with Gasteiger partial charge in [0.05, 0.1) is 6.61 Å². The zero-order valence-electron chi connectivity index (χ0n) is 15.0. The van der Waals surface area contributed by atoms with Crippen LogP contribution < -0.4 is 10.2 Å². The van der Waals surface area contributed by atoms with Crippen LogP contribution in [0.3, 0.4) is 0 Å². The van der Waals surface area contributed by atoms with E-state index in [1.165, 1.54) is 0 Å². The zero-order chi connectivity index (χ0) is 18.7. The molecule has 1 rings (SSSR count). The maximum atomic E-state index is 12.0. The fourth-order valence-electron chi connectivity index (χ4n) is 2.00. The third-order valence-electron chi connectivity index (χ3n) is 3.22. The van der Waals surface area contributed by atoms with Gasteiger partial charge in [-0.3, -0.25) is 0 Å². The van der Waals surface area contributed by atoms with E-state index in [0.717, 1.165) is 11.3 Å². The number of likely N-dealkylation sites (N-methyl/N-ethyl adjacent to an activating group) is 1. The number of nitrogens with zero attached hydrogens (tertiary/aromatic N) is 1. The number of benzene rings is 1. The van der Waals surface area contributed by atoms with Gasteiger partial charge in [-0.05, 0) is 43.7 Å². The molecule has 0 radical (unpaired) electrons. The van der Waals surface area contributed by atoms with E-state index in [1.54, 1.807) is 32.3 Å². The van der Waals surface area contributed by atoms with Crippen molar-refractivity contribution in [1.29, 1.82) is 0 Å². The predicted molar refractivity (Wildman–Crippen MR) is 106 cm³/mol. The Morgan fingerprint density at radius 1 is 1.32 bits per heavy atom. The van der Waals surface area contributed by atoms with Gasteiger partial charge in [-0.1, -0.05) is 42.5 Å². The van der Waals surface area contributed by atoms with Crippen LogP contribution in [0.1, 0.15) is 13.8 Å². The number of rotatable bonds is 9. The summed E-state index contributed by atoms with van der Waals surface area (Å²) in [6, 6.07) is 7.39. The summed E-state index contributed by atoms with van der Waals surface area (Å²) in [5.41, 5.74) is 2.15. The van der Waals surface area contributed by atoms with Gasteiger partial charge in [0.2, 0.25) is 0 Å². The number of ether oxygens (including phenoxy) is 1. The van der Waals surface area contributed by atoms with Crippen LogP contribution in [-0.2, 0) is 9.53 Å². The van der Waals surface area contributed by atoms with Gasteiger partial charge in [-0.25, -0.2) is 4.79 Å². The molecule has 5 heteroatoms. The molecule has 4 nitrogen and oxygen atoms in total. The number of hydrogen-bond acceptors (Lipinski definition) is 4. The largest absolute Gasteiger partial charge is 0.461 e. The Labute approximate surface area is 155 Å². The summed E-state index contributed by atoms with van der Waals surface area (Å²) < 4.78 is 5.07. The molecular weight excluding hydrogens is 336 g/mol. The van der Waals surface area contributed by atoms with E-state index in [-0.39, 0.29) is 0 Å². The van der Waals surface area contributed by atoms with Gasteiger partial charge in [-0.2, -0.15) is 0 Å².